The monoisotopic (exact) mass is 467 g/mol. The van der Waals surface area contributed by atoms with Crippen molar-refractivity contribution < 1.29 is 9.53 Å². The van der Waals surface area contributed by atoms with Crippen molar-refractivity contribution in [3.05, 3.63) is 64.1 Å². The van der Waals surface area contributed by atoms with Crippen LogP contribution in [0.15, 0.2) is 53.0 Å². The maximum absolute atomic E-state index is 13.1. The number of nitrogens with zero attached hydrogens (tertiary/aromatic N) is 2. The van der Waals surface area contributed by atoms with Crippen molar-refractivity contribution in [2.45, 2.75) is 13.3 Å². The summed E-state index contributed by atoms with van der Waals surface area (Å²) in [7, 11) is 0. The number of hydrogen-bond donors (Lipinski definition) is 1. The molecule has 0 spiro atoms. The Hall–Kier alpha value is -2.28. The van der Waals surface area contributed by atoms with Crippen molar-refractivity contribution in [3.8, 4) is 11.3 Å². The van der Waals surface area contributed by atoms with E-state index < -0.39 is 0 Å². The lowest BCUT2D eigenvalue weighted by Gasteiger charge is -2.26. The Morgan fingerprint density at radius 1 is 1.13 bits per heavy atom. The highest BCUT2D eigenvalue weighted by Crippen LogP contribution is 2.27. The summed E-state index contributed by atoms with van der Waals surface area (Å²) in [5, 5.41) is 3.95. The zero-order valence-electron chi connectivity index (χ0n) is 17.2. The SMILES string of the molecule is Cc1ccc(-c2cc(C(=O)NCCCN3CCOCC3)c3cc(Br)ccc3n2)cc1. The summed E-state index contributed by atoms with van der Waals surface area (Å²) in [5.74, 6) is -0.0594. The molecular formula is C24H26BrN3O2. The molecule has 1 aliphatic heterocycles. The predicted octanol–water partition coefficient (Wildman–Crippen LogP) is 4.42. The Morgan fingerprint density at radius 2 is 1.90 bits per heavy atom. The van der Waals surface area contributed by atoms with Crippen molar-refractivity contribution in [2.24, 2.45) is 0 Å². The van der Waals surface area contributed by atoms with Crippen molar-refractivity contribution >= 4 is 32.7 Å². The van der Waals surface area contributed by atoms with E-state index in [1.807, 2.05) is 36.4 Å². The van der Waals surface area contributed by atoms with Gasteiger partial charge in [0.1, 0.15) is 0 Å². The molecule has 0 atom stereocenters. The van der Waals surface area contributed by atoms with Crippen LogP contribution in [-0.2, 0) is 4.74 Å². The molecule has 6 heteroatoms. The van der Waals surface area contributed by atoms with Gasteiger partial charge in [0.25, 0.3) is 5.91 Å². The molecule has 156 valence electrons. The summed E-state index contributed by atoms with van der Waals surface area (Å²) in [5.41, 5.74) is 4.48. The summed E-state index contributed by atoms with van der Waals surface area (Å²) in [6.45, 7) is 7.21. The van der Waals surface area contributed by atoms with Crippen LogP contribution in [0.2, 0.25) is 0 Å². The van der Waals surface area contributed by atoms with Crippen LogP contribution in [-0.4, -0.2) is 55.2 Å². The van der Waals surface area contributed by atoms with Gasteiger partial charge in [-0.1, -0.05) is 45.8 Å². The van der Waals surface area contributed by atoms with E-state index in [1.165, 1.54) is 5.56 Å². The van der Waals surface area contributed by atoms with E-state index in [0.717, 1.165) is 65.9 Å². The Balaban J connectivity index is 1.53. The Kier molecular flexibility index (Phi) is 6.77. The molecule has 30 heavy (non-hydrogen) atoms. The fraction of sp³-hybridized carbons (Fsp3) is 0.333. The summed E-state index contributed by atoms with van der Waals surface area (Å²) in [4.78, 5) is 20.2. The molecule has 1 fully saturated rings. The van der Waals surface area contributed by atoms with Gasteiger partial charge < -0.3 is 10.1 Å². The smallest absolute Gasteiger partial charge is 0.252 e. The van der Waals surface area contributed by atoms with Crippen molar-refractivity contribution in [2.75, 3.05) is 39.4 Å². The molecule has 0 bridgehead atoms. The first-order valence-electron chi connectivity index (χ1n) is 10.4. The molecule has 5 nitrogen and oxygen atoms in total. The summed E-state index contributed by atoms with van der Waals surface area (Å²) in [6, 6.07) is 16.0. The third-order valence-electron chi connectivity index (χ3n) is 5.40. The number of amides is 1. The van der Waals surface area contributed by atoms with E-state index in [1.54, 1.807) is 0 Å². The van der Waals surface area contributed by atoms with Crippen LogP contribution in [0.3, 0.4) is 0 Å². The fourth-order valence-corrected chi connectivity index (χ4v) is 4.04. The third-order valence-corrected chi connectivity index (χ3v) is 5.90. The van der Waals surface area contributed by atoms with Gasteiger partial charge in [0.15, 0.2) is 0 Å². The predicted molar refractivity (Wildman–Crippen MR) is 124 cm³/mol. The number of ether oxygens (including phenoxy) is 1. The summed E-state index contributed by atoms with van der Waals surface area (Å²) in [6.07, 6.45) is 0.920. The van der Waals surface area contributed by atoms with E-state index in [-0.39, 0.29) is 5.91 Å². The quantitative estimate of drug-likeness (QED) is 0.544. The van der Waals surface area contributed by atoms with E-state index in [0.29, 0.717) is 12.1 Å². The largest absolute Gasteiger partial charge is 0.379 e. The number of carbonyl (C=O) groups excluding carboxylic acids is 1. The number of carbonyl (C=O) groups is 1. The van der Waals surface area contributed by atoms with Gasteiger partial charge in [-0.05, 0) is 44.2 Å². The maximum atomic E-state index is 13.1. The number of benzene rings is 2. The van der Waals surface area contributed by atoms with Crippen LogP contribution in [0.4, 0.5) is 0 Å². The normalized spacial score (nSPS) is 14.7. The van der Waals surface area contributed by atoms with Gasteiger partial charge in [-0.3, -0.25) is 9.69 Å². The molecule has 0 radical (unpaired) electrons. The first-order valence-corrected chi connectivity index (χ1v) is 11.1. The van der Waals surface area contributed by atoms with Gasteiger partial charge in [-0.2, -0.15) is 0 Å². The van der Waals surface area contributed by atoms with Crippen LogP contribution in [0.5, 0.6) is 0 Å². The van der Waals surface area contributed by atoms with E-state index in [2.05, 4.69) is 45.2 Å². The number of hydrogen-bond acceptors (Lipinski definition) is 4. The van der Waals surface area contributed by atoms with E-state index in [9.17, 15) is 4.79 Å². The Bertz CT molecular complexity index is 1030. The molecule has 2 aromatic carbocycles. The van der Waals surface area contributed by atoms with Crippen LogP contribution < -0.4 is 5.32 Å². The maximum Gasteiger partial charge on any atom is 0.252 e. The summed E-state index contributed by atoms with van der Waals surface area (Å²) < 4.78 is 6.32. The molecule has 1 aliphatic rings. The highest BCUT2D eigenvalue weighted by molar-refractivity contribution is 9.10. The molecule has 1 saturated heterocycles. The Labute approximate surface area is 185 Å². The molecule has 1 N–H and O–H groups in total. The molecule has 0 aliphatic carbocycles. The van der Waals surface area contributed by atoms with Gasteiger partial charge in [-0.15, -0.1) is 0 Å². The lowest BCUT2D eigenvalue weighted by Crippen LogP contribution is -2.38. The molecule has 0 saturated carbocycles. The number of fused-ring (bicyclic) bond motifs is 1. The second-order valence-electron chi connectivity index (χ2n) is 7.65. The number of pyridine rings is 1. The average Bonchev–Trinajstić information content (AvgIpc) is 2.77. The molecule has 2 heterocycles. The number of halogens is 1. The van der Waals surface area contributed by atoms with Crippen LogP contribution in [0.25, 0.3) is 22.2 Å². The van der Waals surface area contributed by atoms with Gasteiger partial charge in [-0.25, -0.2) is 4.98 Å². The first-order chi connectivity index (χ1) is 14.6. The molecular weight excluding hydrogens is 442 g/mol. The van der Waals surface area contributed by atoms with Gasteiger partial charge in [0.2, 0.25) is 0 Å². The van der Waals surface area contributed by atoms with Gasteiger partial charge >= 0.3 is 0 Å². The van der Waals surface area contributed by atoms with Gasteiger partial charge in [0, 0.05) is 35.1 Å². The van der Waals surface area contributed by atoms with Crippen molar-refractivity contribution in [1.82, 2.24) is 15.2 Å². The van der Waals surface area contributed by atoms with Crippen LogP contribution in [0.1, 0.15) is 22.3 Å². The molecule has 3 aromatic rings. The number of aryl methyl sites for hydroxylation is 1. The zero-order valence-corrected chi connectivity index (χ0v) is 18.7. The minimum atomic E-state index is -0.0594. The standard InChI is InChI=1S/C24H26BrN3O2/c1-17-3-5-18(6-4-17)23-16-21(20-15-19(25)7-8-22(20)27-23)24(29)26-9-2-10-28-11-13-30-14-12-28/h3-8,15-16H,2,9-14H2,1H3,(H,26,29). The van der Waals surface area contributed by atoms with Crippen molar-refractivity contribution in [1.29, 1.82) is 0 Å². The highest BCUT2D eigenvalue weighted by Gasteiger charge is 2.15. The first kappa shape index (κ1) is 21.0. The summed E-state index contributed by atoms with van der Waals surface area (Å²) >= 11 is 3.52. The molecule has 0 unspecified atom stereocenters. The number of aromatic nitrogens is 1. The number of morpholine rings is 1. The minimum absolute atomic E-state index is 0.0594. The molecule has 1 amide bonds. The highest BCUT2D eigenvalue weighted by atomic mass is 79.9. The number of rotatable bonds is 6. The average molecular weight is 468 g/mol. The fourth-order valence-electron chi connectivity index (χ4n) is 3.68. The lowest BCUT2D eigenvalue weighted by molar-refractivity contribution is 0.0374. The van der Waals surface area contributed by atoms with E-state index in [4.69, 9.17) is 9.72 Å². The van der Waals surface area contributed by atoms with Gasteiger partial charge in [0.05, 0.1) is 30.0 Å². The van der Waals surface area contributed by atoms with E-state index >= 15 is 0 Å². The zero-order chi connectivity index (χ0) is 20.9. The molecule has 1 aromatic heterocycles. The topological polar surface area (TPSA) is 54.5 Å². The van der Waals surface area contributed by atoms with Crippen molar-refractivity contribution in [3.63, 3.8) is 0 Å². The number of nitrogens with one attached hydrogen (secondary N) is 1. The van der Waals surface area contributed by atoms with Crippen LogP contribution >= 0.6 is 15.9 Å². The third kappa shape index (κ3) is 5.06. The second kappa shape index (κ2) is 9.69. The second-order valence-corrected chi connectivity index (χ2v) is 8.56. The molecule has 4 rings (SSSR count). The minimum Gasteiger partial charge on any atom is -0.379 e. The lowest BCUT2D eigenvalue weighted by atomic mass is 10.0. The van der Waals surface area contributed by atoms with Crippen LogP contribution in [0, 0.1) is 6.92 Å². The Morgan fingerprint density at radius 3 is 2.67 bits per heavy atom.